The van der Waals surface area contributed by atoms with E-state index in [0.717, 1.165) is 13.1 Å². The van der Waals surface area contributed by atoms with Gasteiger partial charge in [-0.25, -0.2) is 14.6 Å². The zero-order chi connectivity index (χ0) is 14.7. The highest BCUT2D eigenvalue weighted by molar-refractivity contribution is 6.02. The minimum atomic E-state index is -0.384. The summed E-state index contributed by atoms with van der Waals surface area (Å²) in [6, 6.07) is 1.64. The number of hydrogen-bond donors (Lipinski definition) is 1. The van der Waals surface area contributed by atoms with Gasteiger partial charge in [0, 0.05) is 19.2 Å². The van der Waals surface area contributed by atoms with Crippen LogP contribution in [0.1, 0.15) is 16.2 Å². The Bertz CT molecular complexity index is 637. The van der Waals surface area contributed by atoms with Crippen molar-refractivity contribution in [1.29, 1.82) is 0 Å². The van der Waals surface area contributed by atoms with Crippen LogP contribution in [0.5, 0.6) is 0 Å². The lowest BCUT2D eigenvalue weighted by Crippen LogP contribution is -2.37. The third kappa shape index (κ3) is 2.97. The fraction of sp³-hybridized carbons (Fsp3) is 0.417. The first-order valence-corrected chi connectivity index (χ1v) is 6.49. The van der Waals surface area contributed by atoms with Gasteiger partial charge < -0.3 is 15.0 Å². The van der Waals surface area contributed by atoms with Gasteiger partial charge in [-0.2, -0.15) is 0 Å². The smallest absolute Gasteiger partial charge is 0.275 e. The molecule has 21 heavy (non-hydrogen) atoms. The van der Waals surface area contributed by atoms with Crippen LogP contribution in [0.25, 0.3) is 0 Å². The second-order valence-corrected chi connectivity index (χ2v) is 4.51. The number of rotatable bonds is 3. The van der Waals surface area contributed by atoms with E-state index in [9.17, 15) is 4.79 Å². The third-order valence-corrected chi connectivity index (χ3v) is 3.10. The van der Waals surface area contributed by atoms with Crippen LogP contribution in [0.15, 0.2) is 17.0 Å². The summed E-state index contributed by atoms with van der Waals surface area (Å²) in [5.41, 5.74) is 0.764. The van der Waals surface area contributed by atoms with Gasteiger partial charge in [-0.15, -0.1) is 0 Å². The summed E-state index contributed by atoms with van der Waals surface area (Å²) in [5, 5.41) is 9.80. The Morgan fingerprint density at radius 3 is 2.81 bits per heavy atom. The molecular weight excluding hydrogens is 276 g/mol. The molecule has 1 amide bonds. The average Bonchev–Trinajstić information content (AvgIpc) is 2.93. The molecule has 1 N–H and O–H groups in total. The van der Waals surface area contributed by atoms with E-state index in [2.05, 4.69) is 30.2 Å². The molecule has 1 aliphatic rings. The van der Waals surface area contributed by atoms with Gasteiger partial charge in [0.25, 0.3) is 5.91 Å². The van der Waals surface area contributed by atoms with Gasteiger partial charge in [-0.3, -0.25) is 4.79 Å². The summed E-state index contributed by atoms with van der Waals surface area (Å²) >= 11 is 0. The monoisotopic (exact) mass is 290 g/mol. The van der Waals surface area contributed by atoms with Gasteiger partial charge in [0.1, 0.15) is 23.5 Å². The fourth-order valence-electron chi connectivity index (χ4n) is 1.95. The first-order chi connectivity index (χ1) is 10.2. The Morgan fingerprint density at radius 2 is 2.10 bits per heavy atom. The molecule has 0 bridgehead atoms. The van der Waals surface area contributed by atoms with Crippen molar-refractivity contribution in [2.45, 2.75) is 6.92 Å². The topological polar surface area (TPSA) is 106 Å². The number of amides is 1. The quantitative estimate of drug-likeness (QED) is 0.857. The highest BCUT2D eigenvalue weighted by Crippen LogP contribution is 2.14. The maximum atomic E-state index is 12.1. The van der Waals surface area contributed by atoms with Crippen molar-refractivity contribution >= 4 is 17.5 Å². The van der Waals surface area contributed by atoms with Gasteiger partial charge in [0.2, 0.25) is 5.82 Å². The summed E-state index contributed by atoms with van der Waals surface area (Å²) in [6.07, 6.45) is 1.37. The lowest BCUT2D eigenvalue weighted by Gasteiger charge is -2.27. The SMILES string of the molecule is Cc1nonc1NC(=O)c1cc(N2CCOCC2)ncn1. The Labute approximate surface area is 120 Å². The highest BCUT2D eigenvalue weighted by Gasteiger charge is 2.17. The Hall–Kier alpha value is -2.55. The maximum absolute atomic E-state index is 12.1. The number of anilines is 2. The van der Waals surface area contributed by atoms with Crippen molar-refractivity contribution in [1.82, 2.24) is 20.3 Å². The van der Waals surface area contributed by atoms with Crippen LogP contribution in [0.3, 0.4) is 0 Å². The first-order valence-electron chi connectivity index (χ1n) is 6.49. The molecule has 3 heterocycles. The second kappa shape index (κ2) is 5.83. The minimum Gasteiger partial charge on any atom is -0.378 e. The van der Waals surface area contributed by atoms with Crippen LogP contribution < -0.4 is 10.2 Å². The predicted molar refractivity (Wildman–Crippen MR) is 72.1 cm³/mol. The minimum absolute atomic E-state index is 0.258. The molecular formula is C12H14N6O3. The second-order valence-electron chi connectivity index (χ2n) is 4.51. The summed E-state index contributed by atoms with van der Waals surface area (Å²) in [6.45, 7) is 4.46. The molecule has 1 fully saturated rings. The molecule has 0 saturated carbocycles. The van der Waals surface area contributed by atoms with Crippen LogP contribution in [0, 0.1) is 6.92 Å². The average molecular weight is 290 g/mol. The van der Waals surface area contributed by atoms with E-state index in [-0.39, 0.29) is 17.4 Å². The fourth-order valence-corrected chi connectivity index (χ4v) is 1.95. The van der Waals surface area contributed by atoms with Crippen molar-refractivity contribution in [2.24, 2.45) is 0 Å². The van der Waals surface area contributed by atoms with Crippen LogP contribution in [0.4, 0.5) is 11.6 Å². The van der Waals surface area contributed by atoms with E-state index in [1.807, 2.05) is 4.90 Å². The molecule has 0 radical (unpaired) electrons. The van der Waals surface area contributed by atoms with E-state index in [0.29, 0.717) is 24.7 Å². The van der Waals surface area contributed by atoms with Crippen LogP contribution in [0.2, 0.25) is 0 Å². The van der Waals surface area contributed by atoms with Crippen LogP contribution >= 0.6 is 0 Å². The zero-order valence-corrected chi connectivity index (χ0v) is 11.4. The molecule has 110 valence electrons. The number of carbonyl (C=O) groups is 1. The van der Waals surface area contributed by atoms with E-state index in [1.165, 1.54) is 6.33 Å². The molecule has 0 unspecified atom stereocenters. The number of aromatic nitrogens is 4. The van der Waals surface area contributed by atoms with Crippen molar-refractivity contribution in [3.05, 3.63) is 23.8 Å². The number of nitrogens with one attached hydrogen (secondary N) is 1. The molecule has 2 aromatic heterocycles. The molecule has 3 rings (SSSR count). The lowest BCUT2D eigenvalue weighted by atomic mass is 10.3. The molecule has 9 nitrogen and oxygen atoms in total. The van der Waals surface area contributed by atoms with Crippen molar-refractivity contribution in [3.63, 3.8) is 0 Å². The Kier molecular flexibility index (Phi) is 3.73. The zero-order valence-electron chi connectivity index (χ0n) is 11.4. The summed E-state index contributed by atoms with van der Waals surface area (Å²) < 4.78 is 9.82. The maximum Gasteiger partial charge on any atom is 0.275 e. The number of nitrogens with zero attached hydrogens (tertiary/aromatic N) is 5. The first kappa shape index (κ1) is 13.4. The van der Waals surface area contributed by atoms with Gasteiger partial charge in [0.15, 0.2) is 0 Å². The summed E-state index contributed by atoms with van der Waals surface area (Å²) in [7, 11) is 0. The van der Waals surface area contributed by atoms with E-state index in [1.54, 1.807) is 13.0 Å². The lowest BCUT2D eigenvalue weighted by molar-refractivity contribution is 0.102. The molecule has 0 spiro atoms. The van der Waals surface area contributed by atoms with E-state index in [4.69, 9.17) is 4.74 Å². The Morgan fingerprint density at radius 1 is 1.29 bits per heavy atom. The summed E-state index contributed by atoms with van der Waals surface area (Å²) in [4.78, 5) is 22.4. The van der Waals surface area contributed by atoms with Crippen molar-refractivity contribution in [2.75, 3.05) is 36.5 Å². The molecule has 1 saturated heterocycles. The summed E-state index contributed by atoms with van der Waals surface area (Å²) in [5.74, 6) is 0.602. The van der Waals surface area contributed by atoms with Crippen molar-refractivity contribution < 1.29 is 14.2 Å². The highest BCUT2D eigenvalue weighted by atomic mass is 16.6. The molecule has 1 aliphatic heterocycles. The van der Waals surface area contributed by atoms with Gasteiger partial charge in [-0.1, -0.05) is 5.16 Å². The van der Waals surface area contributed by atoms with Gasteiger partial charge >= 0.3 is 0 Å². The normalized spacial score (nSPS) is 15.0. The molecule has 2 aromatic rings. The molecule has 9 heteroatoms. The number of ether oxygens (including phenoxy) is 1. The van der Waals surface area contributed by atoms with Gasteiger partial charge in [-0.05, 0) is 12.1 Å². The van der Waals surface area contributed by atoms with Crippen LogP contribution in [-0.4, -0.2) is 52.5 Å². The largest absolute Gasteiger partial charge is 0.378 e. The number of carbonyl (C=O) groups excluding carboxylic acids is 1. The van der Waals surface area contributed by atoms with Gasteiger partial charge in [0.05, 0.1) is 13.2 Å². The number of aryl methyl sites for hydroxylation is 1. The standard InChI is InChI=1S/C12H14N6O3/c1-8-11(17-21-16-8)15-12(19)9-6-10(14-7-13-9)18-2-4-20-5-3-18/h6-7H,2-5H2,1H3,(H,15,17,19). The Balaban J connectivity index is 1.76. The number of morpholine rings is 1. The van der Waals surface area contributed by atoms with Crippen LogP contribution in [-0.2, 0) is 4.74 Å². The molecule has 0 atom stereocenters. The molecule has 0 aliphatic carbocycles. The van der Waals surface area contributed by atoms with E-state index >= 15 is 0 Å². The molecule has 0 aromatic carbocycles. The predicted octanol–water partition coefficient (Wildman–Crippen LogP) is 0.257. The third-order valence-electron chi connectivity index (χ3n) is 3.10. The van der Waals surface area contributed by atoms with E-state index < -0.39 is 0 Å². The number of hydrogen-bond acceptors (Lipinski definition) is 8. The van der Waals surface area contributed by atoms with Crippen molar-refractivity contribution in [3.8, 4) is 0 Å².